The largest absolute Gasteiger partial charge is 0.390 e. The van der Waals surface area contributed by atoms with Crippen LogP contribution in [0.1, 0.15) is 46.5 Å². The van der Waals surface area contributed by atoms with Crippen LogP contribution in [0.25, 0.3) is 0 Å². The van der Waals surface area contributed by atoms with Crippen molar-refractivity contribution in [3.8, 4) is 0 Å². The fraction of sp³-hybridized carbons (Fsp3) is 1.00. The first kappa shape index (κ1) is 14.9. The molecule has 0 radical (unpaired) electrons. The molecule has 15 heavy (non-hydrogen) atoms. The fourth-order valence-corrected chi connectivity index (χ4v) is 1.54. The second-order valence-electron chi connectivity index (χ2n) is 4.63. The SMILES string of the molecule is CCCC(OC)C(O)CCC(C)(C)OC. The van der Waals surface area contributed by atoms with E-state index in [0.29, 0.717) is 0 Å². The maximum Gasteiger partial charge on any atom is 0.0830 e. The van der Waals surface area contributed by atoms with Crippen LogP contribution < -0.4 is 0 Å². The molecule has 0 aliphatic carbocycles. The van der Waals surface area contributed by atoms with Gasteiger partial charge in [0.15, 0.2) is 0 Å². The summed E-state index contributed by atoms with van der Waals surface area (Å²) >= 11 is 0. The van der Waals surface area contributed by atoms with E-state index in [1.165, 1.54) is 0 Å². The maximum atomic E-state index is 9.92. The minimum absolute atomic E-state index is 0.0392. The summed E-state index contributed by atoms with van der Waals surface area (Å²) in [5, 5.41) is 9.92. The molecule has 3 heteroatoms. The summed E-state index contributed by atoms with van der Waals surface area (Å²) in [5.41, 5.74) is -0.161. The van der Waals surface area contributed by atoms with Gasteiger partial charge in [-0.2, -0.15) is 0 Å². The molecule has 0 amide bonds. The van der Waals surface area contributed by atoms with E-state index in [1.807, 2.05) is 13.8 Å². The second-order valence-corrected chi connectivity index (χ2v) is 4.63. The Bertz CT molecular complexity index is 157. The van der Waals surface area contributed by atoms with Crippen molar-refractivity contribution in [1.82, 2.24) is 0 Å². The zero-order chi connectivity index (χ0) is 11.9. The quantitative estimate of drug-likeness (QED) is 0.679. The molecule has 92 valence electrons. The molecular formula is C12H26O3. The lowest BCUT2D eigenvalue weighted by molar-refractivity contribution is -0.0416. The molecule has 0 heterocycles. The van der Waals surface area contributed by atoms with Crippen LogP contribution in [-0.2, 0) is 9.47 Å². The molecule has 0 saturated heterocycles. The Labute approximate surface area is 93.8 Å². The highest BCUT2D eigenvalue weighted by Crippen LogP contribution is 2.19. The summed E-state index contributed by atoms with van der Waals surface area (Å²) in [7, 11) is 3.36. The van der Waals surface area contributed by atoms with Crippen LogP contribution in [0.5, 0.6) is 0 Å². The lowest BCUT2D eigenvalue weighted by atomic mass is 9.96. The van der Waals surface area contributed by atoms with Gasteiger partial charge in [0.05, 0.1) is 17.8 Å². The molecule has 0 fully saturated rings. The van der Waals surface area contributed by atoms with E-state index in [4.69, 9.17) is 9.47 Å². The molecule has 0 aliphatic heterocycles. The Morgan fingerprint density at radius 2 is 1.80 bits per heavy atom. The maximum absolute atomic E-state index is 9.92. The Morgan fingerprint density at radius 1 is 1.20 bits per heavy atom. The topological polar surface area (TPSA) is 38.7 Å². The van der Waals surface area contributed by atoms with E-state index < -0.39 is 0 Å². The monoisotopic (exact) mass is 218 g/mol. The third-order valence-corrected chi connectivity index (χ3v) is 2.90. The van der Waals surface area contributed by atoms with Gasteiger partial charge >= 0.3 is 0 Å². The molecule has 0 aromatic heterocycles. The van der Waals surface area contributed by atoms with Crippen LogP contribution in [0.2, 0.25) is 0 Å². The third kappa shape index (κ3) is 6.13. The number of hydrogen-bond acceptors (Lipinski definition) is 3. The van der Waals surface area contributed by atoms with Gasteiger partial charge in [-0.3, -0.25) is 0 Å². The molecule has 0 saturated carbocycles. The van der Waals surface area contributed by atoms with Crippen molar-refractivity contribution in [1.29, 1.82) is 0 Å². The van der Waals surface area contributed by atoms with Gasteiger partial charge in [0.2, 0.25) is 0 Å². The van der Waals surface area contributed by atoms with Gasteiger partial charge in [-0.15, -0.1) is 0 Å². The van der Waals surface area contributed by atoms with Crippen LogP contribution >= 0.6 is 0 Å². The number of aliphatic hydroxyl groups excluding tert-OH is 1. The van der Waals surface area contributed by atoms with Gasteiger partial charge in [0.25, 0.3) is 0 Å². The number of rotatable bonds is 8. The normalized spacial score (nSPS) is 16.4. The predicted molar refractivity (Wildman–Crippen MR) is 62.0 cm³/mol. The minimum Gasteiger partial charge on any atom is -0.390 e. The lowest BCUT2D eigenvalue weighted by Crippen LogP contribution is -2.31. The van der Waals surface area contributed by atoms with E-state index in [0.717, 1.165) is 25.7 Å². The number of ether oxygens (including phenoxy) is 2. The van der Waals surface area contributed by atoms with Gasteiger partial charge in [0.1, 0.15) is 0 Å². The van der Waals surface area contributed by atoms with Crippen molar-refractivity contribution in [2.45, 2.75) is 64.3 Å². The molecule has 3 nitrogen and oxygen atoms in total. The van der Waals surface area contributed by atoms with E-state index in [2.05, 4.69) is 6.92 Å². The van der Waals surface area contributed by atoms with Gasteiger partial charge < -0.3 is 14.6 Å². The highest BCUT2D eigenvalue weighted by molar-refractivity contribution is 4.74. The molecular weight excluding hydrogens is 192 g/mol. The summed E-state index contributed by atoms with van der Waals surface area (Å²) in [4.78, 5) is 0. The van der Waals surface area contributed by atoms with Crippen LogP contribution in [-0.4, -0.2) is 37.1 Å². The molecule has 0 rings (SSSR count). The Kier molecular flexibility index (Phi) is 7.14. The Hall–Kier alpha value is -0.120. The van der Waals surface area contributed by atoms with Crippen molar-refractivity contribution in [2.75, 3.05) is 14.2 Å². The number of aliphatic hydroxyl groups is 1. The van der Waals surface area contributed by atoms with E-state index in [-0.39, 0.29) is 17.8 Å². The number of hydrogen-bond donors (Lipinski definition) is 1. The van der Waals surface area contributed by atoms with Crippen LogP contribution in [0.4, 0.5) is 0 Å². The van der Waals surface area contributed by atoms with Crippen molar-refractivity contribution < 1.29 is 14.6 Å². The Morgan fingerprint density at radius 3 is 2.20 bits per heavy atom. The van der Waals surface area contributed by atoms with E-state index in [1.54, 1.807) is 14.2 Å². The minimum atomic E-state index is -0.385. The first-order chi connectivity index (χ1) is 6.96. The van der Waals surface area contributed by atoms with Crippen molar-refractivity contribution in [3.05, 3.63) is 0 Å². The average Bonchev–Trinajstić information content (AvgIpc) is 2.22. The van der Waals surface area contributed by atoms with Gasteiger partial charge in [-0.25, -0.2) is 0 Å². The zero-order valence-corrected chi connectivity index (χ0v) is 10.7. The predicted octanol–water partition coefficient (Wildman–Crippen LogP) is 2.37. The summed E-state index contributed by atoms with van der Waals surface area (Å²) in [6, 6.07) is 0. The molecule has 2 unspecified atom stereocenters. The van der Waals surface area contributed by atoms with Crippen molar-refractivity contribution >= 4 is 0 Å². The van der Waals surface area contributed by atoms with Gasteiger partial charge in [-0.1, -0.05) is 13.3 Å². The highest BCUT2D eigenvalue weighted by Gasteiger charge is 2.22. The summed E-state index contributed by atoms with van der Waals surface area (Å²) in [5.74, 6) is 0. The van der Waals surface area contributed by atoms with Gasteiger partial charge in [0, 0.05) is 14.2 Å². The lowest BCUT2D eigenvalue weighted by Gasteiger charge is -2.27. The zero-order valence-electron chi connectivity index (χ0n) is 10.7. The highest BCUT2D eigenvalue weighted by atomic mass is 16.5. The molecule has 0 aliphatic rings. The number of methoxy groups -OCH3 is 2. The van der Waals surface area contributed by atoms with Crippen LogP contribution in [0.3, 0.4) is 0 Å². The smallest absolute Gasteiger partial charge is 0.0830 e. The summed E-state index contributed by atoms with van der Waals surface area (Å²) < 4.78 is 10.6. The fourth-order valence-electron chi connectivity index (χ4n) is 1.54. The van der Waals surface area contributed by atoms with Crippen molar-refractivity contribution in [2.24, 2.45) is 0 Å². The first-order valence-corrected chi connectivity index (χ1v) is 5.73. The summed E-state index contributed by atoms with van der Waals surface area (Å²) in [6.45, 7) is 6.15. The Balaban J connectivity index is 3.94. The molecule has 0 aromatic carbocycles. The molecule has 0 bridgehead atoms. The summed E-state index contributed by atoms with van der Waals surface area (Å²) in [6.07, 6.45) is 3.08. The standard InChI is InChI=1S/C12H26O3/c1-6-7-11(14-4)10(13)8-9-12(2,3)15-5/h10-11,13H,6-9H2,1-5H3. The third-order valence-electron chi connectivity index (χ3n) is 2.90. The van der Waals surface area contributed by atoms with Crippen LogP contribution in [0.15, 0.2) is 0 Å². The van der Waals surface area contributed by atoms with Crippen molar-refractivity contribution in [3.63, 3.8) is 0 Å². The molecule has 1 N–H and O–H groups in total. The van der Waals surface area contributed by atoms with Crippen LogP contribution in [0, 0.1) is 0 Å². The van der Waals surface area contributed by atoms with E-state index in [9.17, 15) is 5.11 Å². The average molecular weight is 218 g/mol. The second kappa shape index (κ2) is 7.20. The van der Waals surface area contributed by atoms with Gasteiger partial charge in [-0.05, 0) is 33.1 Å². The molecule has 0 aromatic rings. The molecule has 0 spiro atoms. The van der Waals surface area contributed by atoms with E-state index >= 15 is 0 Å². The first-order valence-electron chi connectivity index (χ1n) is 5.73. The molecule has 2 atom stereocenters.